The molecule has 25 heavy (non-hydrogen) atoms. The summed E-state index contributed by atoms with van der Waals surface area (Å²) in [4.78, 5) is 4.92. The van der Waals surface area contributed by atoms with Gasteiger partial charge >= 0.3 is 0 Å². The molecule has 0 aromatic rings. The minimum absolute atomic E-state index is 0.827. The van der Waals surface area contributed by atoms with E-state index in [0.717, 1.165) is 12.5 Å². The average molecular weight is 351 g/mol. The van der Waals surface area contributed by atoms with Crippen molar-refractivity contribution in [3.05, 3.63) is 25.1 Å². The molecule has 0 amide bonds. The van der Waals surface area contributed by atoms with Crippen LogP contribution in [-0.4, -0.2) is 36.0 Å². The second kappa shape index (κ2) is 18.0. The van der Waals surface area contributed by atoms with E-state index in [1.165, 1.54) is 83.8 Å². The molecule has 2 nitrogen and oxygen atoms in total. The third kappa shape index (κ3) is 15.2. The van der Waals surface area contributed by atoms with Crippen molar-refractivity contribution in [2.24, 2.45) is 5.92 Å². The average Bonchev–Trinajstić information content (AvgIpc) is 2.60. The molecule has 0 rings (SSSR count). The van der Waals surface area contributed by atoms with Crippen molar-refractivity contribution in [3.8, 4) is 0 Å². The minimum Gasteiger partial charge on any atom is -0.355 e. The molecule has 0 radical (unpaired) electrons. The molecule has 1 unspecified atom stereocenters. The Morgan fingerprint density at radius 3 is 2.12 bits per heavy atom. The van der Waals surface area contributed by atoms with Crippen molar-refractivity contribution in [1.29, 1.82) is 0 Å². The van der Waals surface area contributed by atoms with E-state index < -0.39 is 0 Å². The van der Waals surface area contributed by atoms with Crippen LogP contribution < -0.4 is 0 Å². The van der Waals surface area contributed by atoms with Crippen LogP contribution in [0.5, 0.6) is 0 Å². The van der Waals surface area contributed by atoms with Crippen molar-refractivity contribution < 1.29 is 0 Å². The molecule has 0 N–H and O–H groups in total. The number of hydrogen-bond acceptors (Lipinski definition) is 2. The standard InChI is InChI=1S/C23H46N2/c1-6-10-12-13-15-19-25(22-23(5)17-14-11-7-2)21-16-20-24(9-4)18-8-3/h8-9,18,23H,4,6-7,10-17,19-22H2,1-3,5H3/b18-8-. The van der Waals surface area contributed by atoms with E-state index in [9.17, 15) is 0 Å². The molecule has 0 aliphatic rings. The SMILES string of the molecule is C=CN(/C=C\C)CCCN(CCCCCCC)CC(C)CCCCC. The summed E-state index contributed by atoms with van der Waals surface area (Å²) in [5.41, 5.74) is 0. The number of nitrogens with zero attached hydrogens (tertiary/aromatic N) is 2. The van der Waals surface area contributed by atoms with E-state index in [4.69, 9.17) is 0 Å². The fraction of sp³-hybridized carbons (Fsp3) is 0.826. The van der Waals surface area contributed by atoms with Crippen LogP contribution >= 0.6 is 0 Å². The summed E-state index contributed by atoms with van der Waals surface area (Å²) in [6.45, 7) is 17.8. The molecular weight excluding hydrogens is 304 g/mol. The van der Waals surface area contributed by atoms with Crippen molar-refractivity contribution in [2.75, 3.05) is 26.2 Å². The normalized spacial score (nSPS) is 12.8. The first-order valence-corrected chi connectivity index (χ1v) is 10.9. The lowest BCUT2D eigenvalue weighted by Crippen LogP contribution is -2.32. The van der Waals surface area contributed by atoms with Crippen LogP contribution in [0.4, 0.5) is 0 Å². The quantitative estimate of drug-likeness (QED) is 0.250. The topological polar surface area (TPSA) is 6.48 Å². The highest BCUT2D eigenvalue weighted by Gasteiger charge is 2.10. The summed E-state index contributed by atoms with van der Waals surface area (Å²) in [5.74, 6) is 0.827. The van der Waals surface area contributed by atoms with E-state index >= 15 is 0 Å². The Kier molecular flexibility index (Phi) is 17.5. The molecule has 0 aromatic carbocycles. The Labute approximate surface area is 159 Å². The minimum atomic E-state index is 0.827. The zero-order chi connectivity index (χ0) is 18.8. The van der Waals surface area contributed by atoms with Crippen LogP contribution in [0, 0.1) is 5.92 Å². The van der Waals surface area contributed by atoms with Gasteiger partial charge in [0.05, 0.1) is 0 Å². The Bertz CT molecular complexity index is 311. The van der Waals surface area contributed by atoms with Crippen LogP contribution in [0.1, 0.15) is 91.9 Å². The smallest absolute Gasteiger partial charge is 0.0231 e. The first-order valence-electron chi connectivity index (χ1n) is 10.9. The zero-order valence-corrected chi connectivity index (χ0v) is 17.8. The number of rotatable bonds is 18. The maximum Gasteiger partial charge on any atom is 0.0231 e. The first-order chi connectivity index (χ1) is 12.2. The van der Waals surface area contributed by atoms with Crippen molar-refractivity contribution >= 4 is 0 Å². The number of allylic oxidation sites excluding steroid dienone is 1. The van der Waals surface area contributed by atoms with Gasteiger partial charge in [0.2, 0.25) is 0 Å². The molecule has 148 valence electrons. The van der Waals surface area contributed by atoms with Gasteiger partial charge in [0.25, 0.3) is 0 Å². The van der Waals surface area contributed by atoms with E-state index in [1.54, 1.807) is 0 Å². The molecule has 0 aliphatic carbocycles. The summed E-state index contributed by atoms with van der Waals surface area (Å²) in [6, 6.07) is 0. The second-order valence-electron chi connectivity index (χ2n) is 7.57. The highest BCUT2D eigenvalue weighted by atomic mass is 15.1. The number of unbranched alkanes of at least 4 members (excludes halogenated alkanes) is 6. The van der Waals surface area contributed by atoms with Gasteiger partial charge in [-0.15, -0.1) is 0 Å². The van der Waals surface area contributed by atoms with Gasteiger partial charge in [0.1, 0.15) is 0 Å². The molecule has 0 saturated heterocycles. The largest absolute Gasteiger partial charge is 0.355 e. The second-order valence-corrected chi connectivity index (χ2v) is 7.57. The van der Waals surface area contributed by atoms with Crippen LogP contribution in [0.15, 0.2) is 25.1 Å². The highest BCUT2D eigenvalue weighted by molar-refractivity contribution is 4.85. The summed E-state index contributed by atoms with van der Waals surface area (Å²) in [7, 11) is 0. The lowest BCUT2D eigenvalue weighted by atomic mass is 10.0. The third-order valence-electron chi connectivity index (χ3n) is 4.91. The van der Waals surface area contributed by atoms with Crippen molar-refractivity contribution in [1.82, 2.24) is 9.80 Å². The summed E-state index contributed by atoms with van der Waals surface area (Å²) < 4.78 is 0. The molecule has 0 aliphatic heterocycles. The predicted molar refractivity (Wildman–Crippen MR) is 115 cm³/mol. The Morgan fingerprint density at radius 1 is 0.840 bits per heavy atom. The van der Waals surface area contributed by atoms with E-state index in [2.05, 4.69) is 56.3 Å². The van der Waals surface area contributed by atoms with Crippen LogP contribution in [0.2, 0.25) is 0 Å². The van der Waals surface area contributed by atoms with Gasteiger partial charge in [0, 0.05) is 13.1 Å². The molecule has 2 heteroatoms. The summed E-state index contributed by atoms with van der Waals surface area (Å²) >= 11 is 0. The van der Waals surface area contributed by atoms with Gasteiger partial charge < -0.3 is 9.80 Å². The van der Waals surface area contributed by atoms with Crippen molar-refractivity contribution in [3.63, 3.8) is 0 Å². The highest BCUT2D eigenvalue weighted by Crippen LogP contribution is 2.13. The van der Waals surface area contributed by atoms with Crippen LogP contribution in [-0.2, 0) is 0 Å². The molecule has 0 spiro atoms. The summed E-state index contributed by atoms with van der Waals surface area (Å²) in [5, 5.41) is 0. The molecule has 0 bridgehead atoms. The van der Waals surface area contributed by atoms with E-state index in [-0.39, 0.29) is 0 Å². The summed E-state index contributed by atoms with van der Waals surface area (Å²) in [6.07, 6.45) is 19.7. The molecule has 0 fully saturated rings. The van der Waals surface area contributed by atoms with Gasteiger partial charge in [-0.25, -0.2) is 0 Å². The monoisotopic (exact) mass is 350 g/mol. The van der Waals surface area contributed by atoms with Crippen LogP contribution in [0.3, 0.4) is 0 Å². The third-order valence-corrected chi connectivity index (χ3v) is 4.91. The lowest BCUT2D eigenvalue weighted by molar-refractivity contribution is 0.218. The van der Waals surface area contributed by atoms with Crippen LogP contribution in [0.25, 0.3) is 0 Å². The molecule has 1 atom stereocenters. The molecule has 0 saturated carbocycles. The molecule has 0 heterocycles. The zero-order valence-electron chi connectivity index (χ0n) is 17.8. The maximum absolute atomic E-state index is 3.91. The fourth-order valence-electron chi connectivity index (χ4n) is 3.40. The Hall–Kier alpha value is -0.760. The Balaban J connectivity index is 4.23. The predicted octanol–water partition coefficient (Wildman–Crippen LogP) is 6.84. The lowest BCUT2D eigenvalue weighted by Gasteiger charge is -2.27. The van der Waals surface area contributed by atoms with Gasteiger partial charge in [-0.3, -0.25) is 0 Å². The van der Waals surface area contributed by atoms with Crippen molar-refractivity contribution in [2.45, 2.75) is 91.9 Å². The van der Waals surface area contributed by atoms with Gasteiger partial charge in [-0.1, -0.05) is 78.4 Å². The van der Waals surface area contributed by atoms with Gasteiger partial charge in [0.15, 0.2) is 0 Å². The molecular formula is C23H46N2. The Morgan fingerprint density at radius 2 is 1.48 bits per heavy atom. The van der Waals surface area contributed by atoms with Gasteiger partial charge in [-0.05, 0) is 57.6 Å². The van der Waals surface area contributed by atoms with E-state index in [1.807, 2.05) is 6.20 Å². The number of hydrogen-bond donors (Lipinski definition) is 0. The van der Waals surface area contributed by atoms with Gasteiger partial charge in [-0.2, -0.15) is 0 Å². The molecule has 0 aromatic heterocycles. The first kappa shape index (κ1) is 24.2. The maximum atomic E-state index is 3.91. The fourth-order valence-corrected chi connectivity index (χ4v) is 3.40. The van der Waals surface area contributed by atoms with E-state index in [0.29, 0.717) is 0 Å².